The molecule has 2 saturated heterocycles. The van der Waals surface area contributed by atoms with E-state index in [1.807, 2.05) is 12.2 Å². The third-order valence-corrected chi connectivity index (χ3v) is 11.4. The molecule has 6 unspecified atom stereocenters. The summed E-state index contributed by atoms with van der Waals surface area (Å²) in [7, 11) is -1.93. The molecule has 2 heterocycles. The van der Waals surface area contributed by atoms with Crippen molar-refractivity contribution in [1.29, 1.82) is 0 Å². The highest BCUT2D eigenvalue weighted by atomic mass is 32.2. The van der Waals surface area contributed by atoms with E-state index >= 15 is 0 Å². The van der Waals surface area contributed by atoms with Gasteiger partial charge in [-0.3, -0.25) is 18.0 Å². The molecule has 0 aliphatic carbocycles. The highest BCUT2D eigenvalue weighted by molar-refractivity contribution is 7.87. The van der Waals surface area contributed by atoms with Gasteiger partial charge in [0, 0.05) is 32.1 Å². The van der Waals surface area contributed by atoms with Gasteiger partial charge in [0.1, 0.15) is 0 Å². The fourth-order valence-corrected chi connectivity index (χ4v) is 8.28. The van der Waals surface area contributed by atoms with E-state index in [2.05, 4.69) is 0 Å². The smallest absolute Gasteiger partial charge is 0.309 e. The van der Waals surface area contributed by atoms with Crippen LogP contribution >= 0.6 is 0 Å². The average molecular weight is 489 g/mol. The summed E-state index contributed by atoms with van der Waals surface area (Å²) >= 11 is 0. The van der Waals surface area contributed by atoms with Crippen LogP contribution in [-0.4, -0.2) is 51.6 Å². The van der Waals surface area contributed by atoms with Crippen LogP contribution in [0.1, 0.15) is 91.9 Å². The zero-order chi connectivity index (χ0) is 24.1. The summed E-state index contributed by atoms with van der Waals surface area (Å²) in [5.74, 6) is -1.58. The average Bonchev–Trinajstić information content (AvgIpc) is 3.22. The Morgan fingerprint density at radius 3 is 1.41 bits per heavy atom. The van der Waals surface area contributed by atoms with Gasteiger partial charge in [0.15, 0.2) is 0 Å². The minimum atomic E-state index is -0.966. The molecule has 2 aliphatic rings. The molecule has 2 N–H and O–H groups in total. The lowest BCUT2D eigenvalue weighted by Crippen LogP contribution is -2.24. The maximum absolute atomic E-state index is 12.9. The molecule has 184 valence electrons. The van der Waals surface area contributed by atoms with E-state index in [9.17, 15) is 28.2 Å². The molecular weight excluding hydrogens is 448 g/mol. The van der Waals surface area contributed by atoms with Gasteiger partial charge < -0.3 is 10.2 Å². The van der Waals surface area contributed by atoms with Crippen molar-refractivity contribution in [1.82, 2.24) is 0 Å². The van der Waals surface area contributed by atoms with Crippen molar-refractivity contribution in [3.05, 3.63) is 12.2 Å². The summed E-state index contributed by atoms with van der Waals surface area (Å²) in [6, 6.07) is 0. The second kappa shape index (κ2) is 11.4. The molecule has 6 nitrogen and oxygen atoms in total. The number of carbonyl (C=O) groups is 2. The largest absolute Gasteiger partial charge is 0.481 e. The van der Waals surface area contributed by atoms with Gasteiger partial charge in [-0.25, -0.2) is 0 Å². The van der Waals surface area contributed by atoms with Crippen LogP contribution in [0.3, 0.4) is 0 Å². The first-order valence-corrected chi connectivity index (χ1v) is 14.3. The van der Waals surface area contributed by atoms with Crippen LogP contribution in [0, 0.1) is 10.8 Å². The first-order chi connectivity index (χ1) is 14.8. The molecule has 32 heavy (non-hydrogen) atoms. The van der Waals surface area contributed by atoms with E-state index in [-0.39, 0.29) is 21.0 Å². The highest BCUT2D eigenvalue weighted by Gasteiger charge is 2.35. The summed E-state index contributed by atoms with van der Waals surface area (Å²) < 4.78 is 25.7. The maximum Gasteiger partial charge on any atom is 0.309 e. The monoisotopic (exact) mass is 488 g/mol. The van der Waals surface area contributed by atoms with Gasteiger partial charge in [-0.2, -0.15) is 0 Å². The predicted molar refractivity (Wildman–Crippen MR) is 130 cm³/mol. The van der Waals surface area contributed by atoms with Gasteiger partial charge in [0.05, 0.1) is 21.3 Å². The van der Waals surface area contributed by atoms with Crippen LogP contribution in [0.25, 0.3) is 0 Å². The second-order valence-electron chi connectivity index (χ2n) is 10.7. The third kappa shape index (κ3) is 7.24. The summed E-state index contributed by atoms with van der Waals surface area (Å²) in [5.41, 5.74) is -1.49. The molecule has 2 rings (SSSR count). The molecule has 0 bridgehead atoms. The molecule has 2 aliphatic heterocycles. The quantitative estimate of drug-likeness (QED) is 0.387. The molecular formula is C24H40O6S2. The second-order valence-corrected chi connectivity index (χ2v) is 14.5. The minimum absolute atomic E-state index is 0.0000928. The van der Waals surface area contributed by atoms with Gasteiger partial charge in [-0.05, 0) is 79.1 Å². The molecule has 0 spiro atoms. The van der Waals surface area contributed by atoms with Crippen LogP contribution in [0.4, 0.5) is 0 Å². The zero-order valence-electron chi connectivity index (χ0n) is 19.9. The Bertz CT molecular complexity index is 696. The van der Waals surface area contributed by atoms with Gasteiger partial charge in [-0.1, -0.05) is 25.0 Å². The first-order valence-electron chi connectivity index (χ1n) is 11.8. The zero-order valence-corrected chi connectivity index (χ0v) is 21.5. The maximum atomic E-state index is 12.9. The first kappa shape index (κ1) is 27.2. The van der Waals surface area contributed by atoms with E-state index in [0.717, 1.165) is 51.4 Å². The molecule has 0 saturated carbocycles. The SMILES string of the molecule is CC(C)(CCCC1CCC(/C=C/C2CCC(CCCC(C)(C)C(=O)O)S2=O)S1=O)C(=O)O. The molecule has 0 aromatic rings. The Kier molecular flexibility index (Phi) is 9.71. The Labute approximate surface area is 197 Å². The standard InChI is InChI=1S/C24H40O6S2/c1-23(2,21(25)26)15-5-7-17-9-11-19(31(17)29)13-14-20-12-10-18(32(20)30)8-6-16-24(3,4)22(27)28/h13-14,17-20H,5-12,15-16H2,1-4H3,(H,25,26)(H,27,28)/b14-13+. The van der Waals surface area contributed by atoms with Crippen molar-refractivity contribution in [3.8, 4) is 0 Å². The summed E-state index contributed by atoms with van der Waals surface area (Å²) in [6.45, 7) is 6.92. The topological polar surface area (TPSA) is 109 Å². The fourth-order valence-electron chi connectivity index (χ4n) is 4.53. The van der Waals surface area contributed by atoms with E-state index in [1.165, 1.54) is 0 Å². The number of aliphatic carboxylic acids is 2. The van der Waals surface area contributed by atoms with Gasteiger partial charge in [0.25, 0.3) is 0 Å². The van der Waals surface area contributed by atoms with Crippen LogP contribution in [-0.2, 0) is 31.2 Å². The molecule has 0 aromatic heterocycles. The fraction of sp³-hybridized carbons (Fsp3) is 0.833. The summed E-state index contributed by atoms with van der Waals surface area (Å²) in [6.07, 6.45) is 11.8. The van der Waals surface area contributed by atoms with Crippen molar-refractivity contribution in [3.63, 3.8) is 0 Å². The Hall–Kier alpha value is -1.02. The Morgan fingerprint density at radius 1 is 0.750 bits per heavy atom. The lowest BCUT2D eigenvalue weighted by molar-refractivity contribution is -0.148. The van der Waals surface area contributed by atoms with Crippen molar-refractivity contribution in [2.45, 2.75) is 113 Å². The molecule has 0 aromatic carbocycles. The van der Waals surface area contributed by atoms with E-state index < -0.39 is 44.4 Å². The van der Waals surface area contributed by atoms with Gasteiger partial charge in [-0.15, -0.1) is 0 Å². The number of carboxylic acids is 2. The lowest BCUT2D eigenvalue weighted by Gasteiger charge is -2.19. The highest BCUT2D eigenvalue weighted by Crippen LogP contribution is 2.33. The van der Waals surface area contributed by atoms with E-state index in [0.29, 0.717) is 12.8 Å². The van der Waals surface area contributed by atoms with Crippen molar-refractivity contribution in [2.75, 3.05) is 0 Å². The number of hydrogen-bond donors (Lipinski definition) is 2. The van der Waals surface area contributed by atoms with Crippen LogP contribution in [0.2, 0.25) is 0 Å². The predicted octanol–water partition coefficient (Wildman–Crippen LogP) is 4.66. The number of rotatable bonds is 12. The number of carboxylic acid groups (broad SMARTS) is 2. The van der Waals surface area contributed by atoms with E-state index in [4.69, 9.17) is 0 Å². The van der Waals surface area contributed by atoms with Crippen molar-refractivity contribution < 1.29 is 28.2 Å². The van der Waals surface area contributed by atoms with Crippen molar-refractivity contribution >= 4 is 33.5 Å². The number of hydrogen-bond acceptors (Lipinski definition) is 4. The summed E-state index contributed by atoms with van der Waals surface area (Å²) in [5, 5.41) is 18.7. The van der Waals surface area contributed by atoms with Gasteiger partial charge >= 0.3 is 11.9 Å². The summed E-state index contributed by atoms with van der Waals surface area (Å²) in [4.78, 5) is 22.5. The molecule has 6 atom stereocenters. The van der Waals surface area contributed by atoms with Gasteiger partial charge in [0.2, 0.25) is 0 Å². The Morgan fingerprint density at radius 2 is 1.09 bits per heavy atom. The minimum Gasteiger partial charge on any atom is -0.481 e. The normalized spacial score (nSPS) is 31.4. The van der Waals surface area contributed by atoms with Crippen molar-refractivity contribution in [2.24, 2.45) is 10.8 Å². The van der Waals surface area contributed by atoms with E-state index in [1.54, 1.807) is 27.7 Å². The van der Waals surface area contributed by atoms with Crippen LogP contribution in [0.15, 0.2) is 12.2 Å². The van der Waals surface area contributed by atoms with Crippen LogP contribution < -0.4 is 0 Å². The molecule has 0 amide bonds. The Balaban J connectivity index is 1.77. The lowest BCUT2D eigenvalue weighted by atomic mass is 9.87. The molecule has 2 fully saturated rings. The third-order valence-electron chi connectivity index (χ3n) is 7.15. The van der Waals surface area contributed by atoms with Crippen LogP contribution in [0.5, 0.6) is 0 Å². The molecule has 0 radical (unpaired) electrons. The molecule has 8 heteroatoms.